The second-order valence-corrected chi connectivity index (χ2v) is 6.85. The normalized spacial score (nSPS) is 11.9. The SMILES string of the molecule is CC(OCCCNC(=O)CSc1ccc(Cl)cc1)c1ccccc1. The molecule has 0 aromatic heterocycles. The Morgan fingerprint density at radius 3 is 2.58 bits per heavy atom. The lowest BCUT2D eigenvalue weighted by atomic mass is 10.1. The third-order valence-electron chi connectivity index (χ3n) is 3.46. The molecule has 0 bridgehead atoms. The number of carbonyl (C=O) groups excluding carboxylic acids is 1. The molecule has 1 atom stereocenters. The van der Waals surface area contributed by atoms with E-state index in [9.17, 15) is 4.79 Å². The van der Waals surface area contributed by atoms with E-state index in [0.717, 1.165) is 11.3 Å². The Morgan fingerprint density at radius 1 is 1.17 bits per heavy atom. The monoisotopic (exact) mass is 363 g/mol. The van der Waals surface area contributed by atoms with Gasteiger partial charge in [0, 0.05) is 23.1 Å². The fraction of sp³-hybridized carbons (Fsp3) is 0.316. The third-order valence-corrected chi connectivity index (χ3v) is 4.73. The van der Waals surface area contributed by atoms with Gasteiger partial charge in [-0.1, -0.05) is 41.9 Å². The van der Waals surface area contributed by atoms with Gasteiger partial charge in [0.05, 0.1) is 11.9 Å². The molecular weight excluding hydrogens is 342 g/mol. The molecule has 0 saturated heterocycles. The van der Waals surface area contributed by atoms with Gasteiger partial charge in [-0.05, 0) is 43.2 Å². The first-order chi connectivity index (χ1) is 11.6. The fourth-order valence-corrected chi connectivity index (χ4v) is 2.97. The molecule has 1 unspecified atom stereocenters. The predicted octanol–water partition coefficient (Wildman–Crippen LogP) is 4.72. The largest absolute Gasteiger partial charge is 0.374 e. The molecule has 3 nitrogen and oxygen atoms in total. The van der Waals surface area contributed by atoms with Crippen molar-refractivity contribution < 1.29 is 9.53 Å². The highest BCUT2D eigenvalue weighted by atomic mass is 35.5. The maximum absolute atomic E-state index is 11.8. The lowest BCUT2D eigenvalue weighted by molar-refractivity contribution is -0.118. The van der Waals surface area contributed by atoms with E-state index in [0.29, 0.717) is 23.9 Å². The second kappa shape index (κ2) is 10.4. The molecule has 2 aromatic carbocycles. The van der Waals surface area contributed by atoms with Crippen LogP contribution in [0.5, 0.6) is 0 Å². The molecule has 0 aliphatic heterocycles. The molecule has 2 rings (SSSR count). The van der Waals surface area contributed by atoms with Crippen LogP contribution in [-0.4, -0.2) is 24.8 Å². The minimum atomic E-state index is 0.0334. The first kappa shape index (κ1) is 18.8. The number of thioether (sulfide) groups is 1. The Labute approximate surface area is 152 Å². The number of benzene rings is 2. The van der Waals surface area contributed by atoms with Gasteiger partial charge in [0.15, 0.2) is 0 Å². The van der Waals surface area contributed by atoms with Crippen molar-refractivity contribution in [3.8, 4) is 0 Å². The molecule has 0 fully saturated rings. The molecule has 0 aliphatic carbocycles. The van der Waals surface area contributed by atoms with Gasteiger partial charge >= 0.3 is 0 Å². The van der Waals surface area contributed by atoms with E-state index < -0.39 is 0 Å². The van der Waals surface area contributed by atoms with Crippen LogP contribution in [0.15, 0.2) is 59.5 Å². The van der Waals surface area contributed by atoms with Crippen molar-refractivity contribution in [3.63, 3.8) is 0 Å². The topological polar surface area (TPSA) is 38.3 Å². The van der Waals surface area contributed by atoms with Crippen LogP contribution in [0, 0.1) is 0 Å². The van der Waals surface area contributed by atoms with Crippen LogP contribution in [0.25, 0.3) is 0 Å². The lowest BCUT2D eigenvalue weighted by Gasteiger charge is -2.13. The third kappa shape index (κ3) is 6.95. The fourth-order valence-electron chi connectivity index (χ4n) is 2.11. The van der Waals surface area contributed by atoms with Crippen molar-refractivity contribution in [2.24, 2.45) is 0 Å². The van der Waals surface area contributed by atoms with Gasteiger partial charge in [-0.15, -0.1) is 11.8 Å². The van der Waals surface area contributed by atoms with Crippen molar-refractivity contribution in [1.82, 2.24) is 5.32 Å². The number of hydrogen-bond donors (Lipinski definition) is 1. The Hall–Kier alpha value is -1.49. The van der Waals surface area contributed by atoms with Gasteiger partial charge < -0.3 is 10.1 Å². The highest BCUT2D eigenvalue weighted by molar-refractivity contribution is 8.00. The first-order valence-corrected chi connectivity index (χ1v) is 9.33. The quantitative estimate of drug-likeness (QED) is 0.517. The second-order valence-electron chi connectivity index (χ2n) is 5.37. The maximum atomic E-state index is 11.8. The average Bonchev–Trinajstić information content (AvgIpc) is 2.61. The molecule has 0 heterocycles. The summed E-state index contributed by atoms with van der Waals surface area (Å²) in [6, 6.07) is 17.6. The smallest absolute Gasteiger partial charge is 0.230 e. The van der Waals surface area contributed by atoms with Crippen LogP contribution in [0.3, 0.4) is 0 Å². The van der Waals surface area contributed by atoms with Gasteiger partial charge in [-0.2, -0.15) is 0 Å². The number of rotatable bonds is 9. The summed E-state index contributed by atoms with van der Waals surface area (Å²) in [5.74, 6) is 0.439. The lowest BCUT2D eigenvalue weighted by Crippen LogP contribution is -2.26. The zero-order valence-corrected chi connectivity index (χ0v) is 15.3. The van der Waals surface area contributed by atoms with E-state index in [4.69, 9.17) is 16.3 Å². The molecule has 0 aliphatic rings. The number of ether oxygens (including phenoxy) is 1. The zero-order valence-electron chi connectivity index (χ0n) is 13.7. The Balaban J connectivity index is 1.55. The minimum absolute atomic E-state index is 0.0334. The molecule has 0 radical (unpaired) electrons. The van der Waals surface area contributed by atoms with Crippen LogP contribution in [-0.2, 0) is 9.53 Å². The Kier molecular flexibility index (Phi) is 8.16. The van der Waals surface area contributed by atoms with E-state index in [1.165, 1.54) is 17.3 Å². The summed E-state index contributed by atoms with van der Waals surface area (Å²) in [4.78, 5) is 12.8. The Morgan fingerprint density at radius 2 is 1.88 bits per heavy atom. The van der Waals surface area contributed by atoms with Crippen molar-refractivity contribution in [1.29, 1.82) is 0 Å². The summed E-state index contributed by atoms with van der Waals surface area (Å²) < 4.78 is 5.78. The molecule has 24 heavy (non-hydrogen) atoms. The van der Waals surface area contributed by atoms with Crippen LogP contribution in [0.4, 0.5) is 0 Å². The number of halogens is 1. The molecule has 5 heteroatoms. The number of hydrogen-bond acceptors (Lipinski definition) is 3. The van der Waals surface area contributed by atoms with Crippen LogP contribution in [0.1, 0.15) is 25.0 Å². The van der Waals surface area contributed by atoms with Crippen molar-refractivity contribution in [2.75, 3.05) is 18.9 Å². The summed E-state index contributed by atoms with van der Waals surface area (Å²) in [5.41, 5.74) is 1.17. The van der Waals surface area contributed by atoms with Gasteiger partial charge in [0.2, 0.25) is 5.91 Å². The van der Waals surface area contributed by atoms with Gasteiger partial charge in [-0.25, -0.2) is 0 Å². The van der Waals surface area contributed by atoms with E-state index in [-0.39, 0.29) is 12.0 Å². The molecule has 0 saturated carbocycles. The molecule has 1 N–H and O–H groups in total. The molecule has 0 spiro atoms. The van der Waals surface area contributed by atoms with E-state index in [2.05, 4.69) is 17.4 Å². The van der Waals surface area contributed by atoms with Crippen molar-refractivity contribution in [2.45, 2.75) is 24.3 Å². The van der Waals surface area contributed by atoms with E-state index in [1.54, 1.807) is 0 Å². The summed E-state index contributed by atoms with van der Waals surface area (Å²) in [6.07, 6.45) is 0.872. The summed E-state index contributed by atoms with van der Waals surface area (Å²) >= 11 is 7.33. The molecular formula is C19H22ClNO2S. The number of nitrogens with one attached hydrogen (secondary N) is 1. The van der Waals surface area contributed by atoms with Crippen molar-refractivity contribution in [3.05, 3.63) is 65.2 Å². The molecule has 2 aromatic rings. The van der Waals surface area contributed by atoms with E-state index >= 15 is 0 Å². The summed E-state index contributed by atoms with van der Waals surface area (Å²) in [6.45, 7) is 3.29. The van der Waals surface area contributed by atoms with Crippen LogP contribution >= 0.6 is 23.4 Å². The van der Waals surface area contributed by atoms with Crippen molar-refractivity contribution >= 4 is 29.3 Å². The summed E-state index contributed by atoms with van der Waals surface area (Å²) in [7, 11) is 0. The zero-order chi connectivity index (χ0) is 17.2. The van der Waals surface area contributed by atoms with Crippen LogP contribution < -0.4 is 5.32 Å². The molecule has 1 amide bonds. The predicted molar refractivity (Wildman–Crippen MR) is 101 cm³/mol. The van der Waals surface area contributed by atoms with Gasteiger partial charge in [-0.3, -0.25) is 4.79 Å². The molecule has 128 valence electrons. The Bertz CT molecular complexity index is 619. The minimum Gasteiger partial charge on any atom is -0.374 e. The van der Waals surface area contributed by atoms with Gasteiger partial charge in [0.1, 0.15) is 0 Å². The number of carbonyl (C=O) groups is 1. The first-order valence-electron chi connectivity index (χ1n) is 7.97. The average molecular weight is 364 g/mol. The standard InChI is InChI=1S/C19H22ClNO2S/c1-15(16-6-3-2-4-7-16)23-13-5-12-21-19(22)14-24-18-10-8-17(20)9-11-18/h2-4,6-11,15H,5,12-14H2,1H3,(H,21,22). The highest BCUT2D eigenvalue weighted by Gasteiger charge is 2.05. The van der Waals surface area contributed by atoms with Crippen LogP contribution in [0.2, 0.25) is 5.02 Å². The highest BCUT2D eigenvalue weighted by Crippen LogP contribution is 2.20. The van der Waals surface area contributed by atoms with Gasteiger partial charge in [0.25, 0.3) is 0 Å². The maximum Gasteiger partial charge on any atom is 0.230 e. The number of amides is 1. The van der Waals surface area contributed by atoms with E-state index in [1.807, 2.05) is 49.4 Å². The summed E-state index contributed by atoms with van der Waals surface area (Å²) in [5, 5.41) is 3.61.